The highest BCUT2D eigenvalue weighted by Crippen LogP contribution is 2.01. The molecule has 0 unspecified atom stereocenters. The van der Waals surface area contributed by atoms with Crippen LogP contribution in [0.25, 0.3) is 0 Å². The molecule has 148 valence electrons. The molecule has 0 radical (unpaired) electrons. The lowest BCUT2D eigenvalue weighted by atomic mass is 10.2. The lowest BCUT2D eigenvalue weighted by Crippen LogP contribution is -2.24. The molecule has 0 heterocycles. The van der Waals surface area contributed by atoms with Gasteiger partial charge >= 0.3 is 0 Å². The third-order valence-electron chi connectivity index (χ3n) is 3.92. The van der Waals surface area contributed by atoms with Crippen molar-refractivity contribution in [3.05, 3.63) is 48.6 Å². The first-order chi connectivity index (χ1) is 12.8. The van der Waals surface area contributed by atoms with E-state index in [1.807, 2.05) is 0 Å². The number of hydrogen-bond donors (Lipinski definition) is 2. The molecule has 0 aromatic rings. The van der Waals surface area contributed by atoms with E-state index in [-0.39, 0.29) is 18.9 Å². The molecule has 3 nitrogen and oxygen atoms in total. The first-order valence-electron chi connectivity index (χ1n) is 10.3. The molecule has 0 aromatic heterocycles. The molecule has 26 heavy (non-hydrogen) atoms. The Balaban J connectivity index is 3.40. The topological polar surface area (TPSA) is 49.3 Å². The average molecular weight is 362 g/mol. The van der Waals surface area contributed by atoms with Crippen molar-refractivity contribution in [2.24, 2.45) is 0 Å². The van der Waals surface area contributed by atoms with Crippen molar-refractivity contribution >= 4 is 5.91 Å². The largest absolute Gasteiger partial charge is 0.396 e. The van der Waals surface area contributed by atoms with Crippen molar-refractivity contribution in [2.45, 2.75) is 77.6 Å². The molecule has 0 spiro atoms. The van der Waals surface area contributed by atoms with Crippen LogP contribution in [-0.2, 0) is 4.79 Å². The van der Waals surface area contributed by atoms with Crippen LogP contribution < -0.4 is 5.32 Å². The summed E-state index contributed by atoms with van der Waals surface area (Å²) in [6.45, 7) is 2.86. The van der Waals surface area contributed by atoms with Crippen LogP contribution in [0.15, 0.2) is 48.6 Å². The van der Waals surface area contributed by atoms with Gasteiger partial charge in [-0.25, -0.2) is 0 Å². The first kappa shape index (κ1) is 24.4. The van der Waals surface area contributed by atoms with Gasteiger partial charge in [0.25, 0.3) is 0 Å². The predicted octanol–water partition coefficient (Wildman–Crippen LogP) is 5.63. The van der Waals surface area contributed by atoms with Gasteiger partial charge in [-0.1, -0.05) is 68.4 Å². The van der Waals surface area contributed by atoms with Gasteiger partial charge in [0.05, 0.1) is 6.61 Å². The number of carbonyl (C=O) groups excluding carboxylic acids is 1. The lowest BCUT2D eigenvalue weighted by molar-refractivity contribution is -0.121. The summed E-state index contributed by atoms with van der Waals surface area (Å²) < 4.78 is 0. The molecule has 0 rings (SSSR count). The Morgan fingerprint density at radius 1 is 0.769 bits per heavy atom. The molecule has 0 atom stereocenters. The summed E-state index contributed by atoms with van der Waals surface area (Å²) >= 11 is 0. The van der Waals surface area contributed by atoms with Gasteiger partial charge < -0.3 is 10.4 Å². The fraction of sp³-hybridized carbons (Fsp3) is 0.609. The van der Waals surface area contributed by atoms with Crippen molar-refractivity contribution in [1.29, 1.82) is 0 Å². The number of unbranched alkanes of at least 4 members (excludes halogenated alkanes) is 5. The highest BCUT2D eigenvalue weighted by atomic mass is 16.3. The smallest absolute Gasteiger partial charge is 0.222 e. The standard InChI is InChI=1S/C23H39NO2/c1-2-3-4-5-6-7-8-9-10-11-12-13-14-15-16-17-18-19-21-24-23(26)20-22-25/h6-7,9-10,12-13,15-16,25H,2-5,8,11,14,17-22H2,1H3,(H,24,26)/b7-6-,10-9-,13-12-,16-15-. The van der Waals surface area contributed by atoms with Gasteiger partial charge in [0.15, 0.2) is 0 Å². The third-order valence-corrected chi connectivity index (χ3v) is 3.92. The van der Waals surface area contributed by atoms with Gasteiger partial charge in [0.1, 0.15) is 0 Å². The molecule has 0 aliphatic rings. The molecule has 0 saturated heterocycles. The molecule has 0 saturated carbocycles. The number of aliphatic hydroxyl groups excluding tert-OH is 1. The second-order valence-electron chi connectivity index (χ2n) is 6.41. The average Bonchev–Trinajstić information content (AvgIpc) is 2.64. The zero-order chi connectivity index (χ0) is 19.1. The SMILES string of the molecule is CCCCC/C=C\C/C=C\C/C=C\C/C=C\CCCCNC(=O)CCO. The van der Waals surface area contributed by atoms with Crippen LogP contribution in [0.1, 0.15) is 77.6 Å². The number of rotatable bonds is 17. The zero-order valence-electron chi connectivity index (χ0n) is 16.7. The molecule has 3 heteroatoms. The summed E-state index contributed by atoms with van der Waals surface area (Å²) in [5.41, 5.74) is 0. The monoisotopic (exact) mass is 361 g/mol. The van der Waals surface area contributed by atoms with Gasteiger partial charge in [-0.05, 0) is 51.4 Å². The number of hydrogen-bond acceptors (Lipinski definition) is 2. The predicted molar refractivity (Wildman–Crippen MR) is 113 cm³/mol. The molecule has 0 fully saturated rings. The third kappa shape index (κ3) is 20.4. The van der Waals surface area contributed by atoms with Crippen LogP contribution in [-0.4, -0.2) is 24.2 Å². The van der Waals surface area contributed by atoms with Crippen LogP contribution in [0.4, 0.5) is 0 Å². The fourth-order valence-electron chi connectivity index (χ4n) is 2.37. The minimum absolute atomic E-state index is 0.0646. The Bertz CT molecular complexity index is 422. The van der Waals surface area contributed by atoms with E-state index in [0.29, 0.717) is 6.54 Å². The summed E-state index contributed by atoms with van der Waals surface area (Å²) in [7, 11) is 0. The van der Waals surface area contributed by atoms with E-state index in [0.717, 1.165) is 38.5 Å². The van der Waals surface area contributed by atoms with Crippen LogP contribution in [0.2, 0.25) is 0 Å². The Morgan fingerprint density at radius 2 is 1.27 bits per heavy atom. The number of aliphatic hydroxyl groups is 1. The van der Waals surface area contributed by atoms with Crippen molar-refractivity contribution in [3.63, 3.8) is 0 Å². The molecule has 1 amide bonds. The zero-order valence-corrected chi connectivity index (χ0v) is 16.7. The summed E-state index contributed by atoms with van der Waals surface area (Å²) in [5, 5.41) is 11.4. The van der Waals surface area contributed by atoms with Gasteiger partial charge in [-0.2, -0.15) is 0 Å². The molecular formula is C23H39NO2. The molecule has 0 aliphatic carbocycles. The molecule has 0 aliphatic heterocycles. The highest BCUT2D eigenvalue weighted by molar-refractivity contribution is 5.75. The van der Waals surface area contributed by atoms with E-state index in [4.69, 9.17) is 5.11 Å². The van der Waals surface area contributed by atoms with E-state index in [9.17, 15) is 4.79 Å². The molecule has 0 bridgehead atoms. The number of nitrogens with one attached hydrogen (secondary N) is 1. The van der Waals surface area contributed by atoms with Crippen molar-refractivity contribution in [1.82, 2.24) is 5.32 Å². The van der Waals surface area contributed by atoms with Crippen LogP contribution in [0, 0.1) is 0 Å². The van der Waals surface area contributed by atoms with E-state index in [2.05, 4.69) is 60.8 Å². The maximum atomic E-state index is 11.1. The molecular weight excluding hydrogens is 322 g/mol. The van der Waals surface area contributed by atoms with Gasteiger partial charge in [0, 0.05) is 13.0 Å². The summed E-state index contributed by atoms with van der Waals surface area (Å²) in [6, 6.07) is 0. The highest BCUT2D eigenvalue weighted by Gasteiger charge is 1.97. The number of amides is 1. The number of carbonyl (C=O) groups is 1. The Morgan fingerprint density at radius 3 is 1.77 bits per heavy atom. The van der Waals surface area contributed by atoms with E-state index >= 15 is 0 Å². The summed E-state index contributed by atoms with van der Waals surface area (Å²) in [6.07, 6.45) is 29.3. The first-order valence-corrected chi connectivity index (χ1v) is 10.3. The van der Waals surface area contributed by atoms with Crippen molar-refractivity contribution < 1.29 is 9.90 Å². The molecule has 2 N–H and O–H groups in total. The van der Waals surface area contributed by atoms with E-state index < -0.39 is 0 Å². The lowest BCUT2D eigenvalue weighted by Gasteiger charge is -2.02. The van der Waals surface area contributed by atoms with Crippen LogP contribution in [0.5, 0.6) is 0 Å². The van der Waals surface area contributed by atoms with Gasteiger partial charge in [0.2, 0.25) is 5.91 Å². The minimum atomic E-state index is -0.0753. The maximum absolute atomic E-state index is 11.1. The minimum Gasteiger partial charge on any atom is -0.396 e. The quantitative estimate of drug-likeness (QED) is 0.260. The van der Waals surface area contributed by atoms with Crippen molar-refractivity contribution in [2.75, 3.05) is 13.2 Å². The van der Waals surface area contributed by atoms with Crippen molar-refractivity contribution in [3.8, 4) is 0 Å². The Labute approximate surface area is 161 Å². The maximum Gasteiger partial charge on any atom is 0.222 e. The van der Waals surface area contributed by atoms with E-state index in [1.165, 1.54) is 25.7 Å². The van der Waals surface area contributed by atoms with E-state index in [1.54, 1.807) is 0 Å². The Kier molecular flexibility index (Phi) is 20.1. The van der Waals surface area contributed by atoms with Crippen LogP contribution in [0.3, 0.4) is 0 Å². The van der Waals surface area contributed by atoms with Gasteiger partial charge in [-0.3, -0.25) is 4.79 Å². The second-order valence-corrected chi connectivity index (χ2v) is 6.41. The second kappa shape index (κ2) is 21.4. The number of allylic oxidation sites excluding steroid dienone is 8. The van der Waals surface area contributed by atoms with Gasteiger partial charge in [-0.15, -0.1) is 0 Å². The van der Waals surface area contributed by atoms with Crippen LogP contribution >= 0.6 is 0 Å². The summed E-state index contributed by atoms with van der Waals surface area (Å²) in [4.78, 5) is 11.1. The fourth-order valence-corrected chi connectivity index (χ4v) is 2.37. The normalized spacial score (nSPS) is 12.2. The Hall–Kier alpha value is -1.61. The molecule has 0 aromatic carbocycles. The summed E-state index contributed by atoms with van der Waals surface area (Å²) in [5.74, 6) is -0.0646.